The van der Waals surface area contributed by atoms with Gasteiger partial charge in [0.15, 0.2) is 5.82 Å². The highest BCUT2D eigenvalue weighted by molar-refractivity contribution is 5.72. The van der Waals surface area contributed by atoms with Gasteiger partial charge in [-0.3, -0.25) is 4.79 Å². The number of ether oxygens (including phenoxy) is 1. The van der Waals surface area contributed by atoms with Crippen LogP contribution in [0.5, 0.6) is 5.75 Å². The van der Waals surface area contributed by atoms with Crippen LogP contribution < -0.4 is 11.1 Å². The Morgan fingerprint density at radius 1 is 1.34 bits per heavy atom. The lowest BCUT2D eigenvalue weighted by Crippen LogP contribution is -2.43. The molecule has 1 aromatic carbocycles. The van der Waals surface area contributed by atoms with Crippen molar-refractivity contribution in [3.05, 3.63) is 34.9 Å². The number of benzene rings is 1. The number of nitrogens with two attached hydrogens (primary N) is 1. The van der Waals surface area contributed by atoms with Crippen molar-refractivity contribution in [1.82, 2.24) is 15.1 Å². The first-order chi connectivity index (χ1) is 15.5. The molecule has 8 heteroatoms. The number of aromatic hydroxyl groups is 1. The van der Waals surface area contributed by atoms with Gasteiger partial charge in [-0.2, -0.15) is 0 Å². The number of nitrogens with one attached hydrogen (secondary N) is 1. The molecule has 32 heavy (non-hydrogen) atoms. The van der Waals surface area contributed by atoms with Gasteiger partial charge < -0.3 is 25.8 Å². The van der Waals surface area contributed by atoms with Crippen molar-refractivity contribution in [3.8, 4) is 17.0 Å². The Kier molecular flexibility index (Phi) is 8.41. The fourth-order valence-electron chi connectivity index (χ4n) is 4.23. The molecule has 174 valence electrons. The molecule has 1 saturated heterocycles. The second-order valence-electron chi connectivity index (χ2n) is 8.25. The van der Waals surface area contributed by atoms with E-state index in [1.807, 2.05) is 26.0 Å². The van der Waals surface area contributed by atoms with E-state index < -0.39 is 0 Å². The molecular weight excluding hydrogens is 406 g/mol. The first-order valence-corrected chi connectivity index (χ1v) is 11.5. The summed E-state index contributed by atoms with van der Waals surface area (Å²) in [5.74, 6) is 0.742. The summed E-state index contributed by atoms with van der Waals surface area (Å²) in [7, 11) is 0. The molecule has 1 atom stereocenters. The number of aryl methyl sites for hydroxylation is 1. The van der Waals surface area contributed by atoms with Gasteiger partial charge >= 0.3 is 5.97 Å². The Bertz CT molecular complexity index is 934. The quantitative estimate of drug-likeness (QED) is 0.509. The van der Waals surface area contributed by atoms with Crippen LogP contribution in [0.15, 0.2) is 18.2 Å². The molecule has 2 heterocycles. The number of nitrogens with zero attached hydrogens (tertiary/aromatic N) is 3. The number of carbonyl (C=O) groups is 1. The maximum atomic E-state index is 11.7. The average Bonchev–Trinajstić information content (AvgIpc) is 2.79. The molecule has 4 N–H and O–H groups in total. The number of hydrogen-bond acceptors (Lipinski definition) is 8. The third-order valence-electron chi connectivity index (χ3n) is 6.06. The van der Waals surface area contributed by atoms with Crippen molar-refractivity contribution < 1.29 is 14.6 Å². The third kappa shape index (κ3) is 5.75. The van der Waals surface area contributed by atoms with Gasteiger partial charge in [-0.05, 0) is 62.9 Å². The van der Waals surface area contributed by atoms with E-state index in [0.29, 0.717) is 43.2 Å². The molecule has 0 radical (unpaired) electrons. The lowest BCUT2D eigenvalue weighted by molar-refractivity contribution is -0.143. The van der Waals surface area contributed by atoms with Crippen LogP contribution in [0.3, 0.4) is 0 Å². The van der Waals surface area contributed by atoms with Crippen LogP contribution in [0.2, 0.25) is 0 Å². The number of anilines is 1. The molecule has 1 fully saturated rings. The number of rotatable bonds is 9. The molecule has 8 nitrogen and oxygen atoms in total. The highest BCUT2D eigenvalue weighted by Gasteiger charge is 2.23. The van der Waals surface area contributed by atoms with Crippen molar-refractivity contribution in [2.45, 2.75) is 59.0 Å². The van der Waals surface area contributed by atoms with Gasteiger partial charge in [0.2, 0.25) is 0 Å². The molecule has 1 aliphatic heterocycles. The van der Waals surface area contributed by atoms with Crippen LogP contribution >= 0.6 is 0 Å². The summed E-state index contributed by atoms with van der Waals surface area (Å²) in [4.78, 5) is 14.0. The Hall–Kier alpha value is -2.71. The minimum atomic E-state index is -0.152. The van der Waals surface area contributed by atoms with E-state index in [1.165, 1.54) is 0 Å². The zero-order valence-corrected chi connectivity index (χ0v) is 19.4. The minimum absolute atomic E-state index is 0.152. The second kappa shape index (κ2) is 11.2. The van der Waals surface area contributed by atoms with E-state index in [-0.39, 0.29) is 17.8 Å². The van der Waals surface area contributed by atoms with E-state index >= 15 is 0 Å². The predicted molar refractivity (Wildman–Crippen MR) is 125 cm³/mol. The monoisotopic (exact) mass is 441 g/mol. The first kappa shape index (κ1) is 23.9. The van der Waals surface area contributed by atoms with Gasteiger partial charge in [-0.1, -0.05) is 13.0 Å². The SMILES string of the molecule is CCOC(=O)CCN1CCC[C@@H](Nc2nnc(-c3ccc(CC)cc3O)c(C)c2CN)C1. The number of phenolic OH excluding ortho intramolecular Hbond substituents is 1. The van der Waals surface area contributed by atoms with E-state index in [2.05, 4.69) is 27.3 Å². The molecule has 0 spiro atoms. The van der Waals surface area contributed by atoms with E-state index in [0.717, 1.165) is 49.0 Å². The maximum Gasteiger partial charge on any atom is 0.307 e. The van der Waals surface area contributed by atoms with Crippen LogP contribution in [0.1, 0.15) is 49.8 Å². The van der Waals surface area contributed by atoms with E-state index in [1.54, 1.807) is 6.07 Å². The molecule has 0 amide bonds. The summed E-state index contributed by atoms with van der Waals surface area (Å²) in [5.41, 5.74) is 10.3. The van der Waals surface area contributed by atoms with Crippen LogP contribution in [-0.2, 0) is 22.5 Å². The van der Waals surface area contributed by atoms with Crippen molar-refractivity contribution in [1.29, 1.82) is 0 Å². The van der Waals surface area contributed by atoms with Crippen LogP contribution in [0.25, 0.3) is 11.3 Å². The number of hydrogen-bond donors (Lipinski definition) is 3. The lowest BCUT2D eigenvalue weighted by atomic mass is 9.99. The summed E-state index contributed by atoms with van der Waals surface area (Å²) in [5, 5.41) is 22.9. The zero-order chi connectivity index (χ0) is 23.1. The minimum Gasteiger partial charge on any atom is -0.507 e. The molecule has 2 aromatic rings. The maximum absolute atomic E-state index is 11.7. The summed E-state index contributed by atoms with van der Waals surface area (Å²) >= 11 is 0. The van der Waals surface area contributed by atoms with Crippen LogP contribution in [0.4, 0.5) is 5.82 Å². The predicted octanol–water partition coefficient (Wildman–Crippen LogP) is 3.01. The second-order valence-corrected chi connectivity index (χ2v) is 8.25. The Morgan fingerprint density at radius 3 is 2.84 bits per heavy atom. The van der Waals surface area contributed by atoms with Crippen molar-refractivity contribution in [3.63, 3.8) is 0 Å². The molecule has 0 saturated carbocycles. The largest absolute Gasteiger partial charge is 0.507 e. The van der Waals surface area contributed by atoms with Crippen LogP contribution in [0, 0.1) is 6.92 Å². The summed E-state index contributed by atoms with van der Waals surface area (Å²) in [6.45, 7) is 9.07. The first-order valence-electron chi connectivity index (χ1n) is 11.5. The van der Waals surface area contributed by atoms with Crippen molar-refractivity contribution in [2.24, 2.45) is 5.73 Å². The molecule has 0 unspecified atom stereocenters. The number of esters is 1. The lowest BCUT2D eigenvalue weighted by Gasteiger charge is -2.33. The smallest absolute Gasteiger partial charge is 0.307 e. The van der Waals surface area contributed by atoms with Gasteiger partial charge in [0.25, 0.3) is 0 Å². The fourth-order valence-corrected chi connectivity index (χ4v) is 4.23. The normalized spacial score (nSPS) is 16.7. The van der Waals surface area contributed by atoms with Gasteiger partial charge in [0.1, 0.15) is 11.4 Å². The number of carbonyl (C=O) groups excluding carboxylic acids is 1. The Balaban J connectivity index is 1.73. The topological polar surface area (TPSA) is 114 Å². The Labute approximate surface area is 190 Å². The molecule has 0 bridgehead atoms. The number of piperidine rings is 1. The van der Waals surface area contributed by atoms with Crippen molar-refractivity contribution >= 4 is 11.8 Å². The number of aromatic nitrogens is 2. The third-order valence-corrected chi connectivity index (χ3v) is 6.06. The van der Waals surface area contributed by atoms with Gasteiger partial charge in [0.05, 0.1) is 13.0 Å². The number of phenols is 1. The standard InChI is InChI=1S/C24H35N5O3/c1-4-17-8-9-19(21(30)13-17)23-16(3)20(14-25)24(28-27-23)26-18-7-6-11-29(15-18)12-10-22(31)32-5-2/h8-9,13,18,30H,4-7,10-12,14-15,25H2,1-3H3,(H,26,28)/t18-/m1/s1. The molecule has 1 aliphatic rings. The van der Waals surface area contributed by atoms with Gasteiger partial charge in [0, 0.05) is 36.8 Å². The zero-order valence-electron chi connectivity index (χ0n) is 19.4. The van der Waals surface area contributed by atoms with Gasteiger partial charge in [-0.15, -0.1) is 10.2 Å². The molecular formula is C24H35N5O3. The van der Waals surface area contributed by atoms with Crippen molar-refractivity contribution in [2.75, 3.05) is 31.6 Å². The summed E-state index contributed by atoms with van der Waals surface area (Å²) in [6.07, 6.45) is 3.32. The molecule has 0 aliphatic carbocycles. The average molecular weight is 442 g/mol. The van der Waals surface area contributed by atoms with E-state index in [4.69, 9.17) is 10.5 Å². The molecule has 3 rings (SSSR count). The highest BCUT2D eigenvalue weighted by atomic mass is 16.5. The molecule has 1 aromatic heterocycles. The van der Waals surface area contributed by atoms with Gasteiger partial charge in [-0.25, -0.2) is 0 Å². The summed E-state index contributed by atoms with van der Waals surface area (Å²) in [6, 6.07) is 5.86. The summed E-state index contributed by atoms with van der Waals surface area (Å²) < 4.78 is 5.04. The Morgan fingerprint density at radius 2 is 2.16 bits per heavy atom. The fraction of sp³-hybridized carbons (Fsp3) is 0.542. The highest BCUT2D eigenvalue weighted by Crippen LogP contribution is 2.33. The van der Waals surface area contributed by atoms with E-state index in [9.17, 15) is 9.90 Å². The number of likely N-dealkylation sites (tertiary alicyclic amines) is 1. The van der Waals surface area contributed by atoms with Crippen LogP contribution in [-0.4, -0.2) is 58.5 Å².